The first kappa shape index (κ1) is 22.9. The van der Waals surface area contributed by atoms with Crippen molar-refractivity contribution in [3.8, 4) is 0 Å². The lowest BCUT2D eigenvalue weighted by Gasteiger charge is -2.32. The number of primary amides is 1. The van der Waals surface area contributed by atoms with Gasteiger partial charge in [0.1, 0.15) is 0 Å². The molecular formula is C25H31BN4O4. The number of H-pyrrole nitrogens is 1. The van der Waals surface area contributed by atoms with Gasteiger partial charge in [0.2, 0.25) is 5.91 Å². The van der Waals surface area contributed by atoms with Crippen molar-refractivity contribution < 1.29 is 18.9 Å². The molecule has 0 bridgehead atoms. The minimum absolute atomic E-state index is 0.0256. The number of carbonyl (C=O) groups is 2. The van der Waals surface area contributed by atoms with Crippen LogP contribution in [0.4, 0.5) is 0 Å². The molecule has 0 aliphatic carbocycles. The number of likely N-dealkylation sites (N-methyl/N-ethyl adjacent to an activating group) is 1. The topological polar surface area (TPSA) is 101 Å². The molecule has 0 radical (unpaired) electrons. The van der Waals surface area contributed by atoms with E-state index >= 15 is 0 Å². The number of nitrogens with two attached hydrogens (primary N) is 1. The number of rotatable bonds is 3. The Labute approximate surface area is 199 Å². The summed E-state index contributed by atoms with van der Waals surface area (Å²) in [6.45, 7) is 11.1. The first-order chi connectivity index (χ1) is 16.0. The summed E-state index contributed by atoms with van der Waals surface area (Å²) in [6, 6.07) is 9.20. The summed E-state index contributed by atoms with van der Waals surface area (Å²) in [5.74, 6) is -0.498. The van der Waals surface area contributed by atoms with Crippen LogP contribution in [0.15, 0.2) is 30.3 Å². The Bertz CT molecular complexity index is 1290. The predicted molar refractivity (Wildman–Crippen MR) is 133 cm³/mol. The molecule has 5 rings (SSSR count). The summed E-state index contributed by atoms with van der Waals surface area (Å²) >= 11 is 0. The summed E-state index contributed by atoms with van der Waals surface area (Å²) in [4.78, 5) is 32.7. The Hall–Kier alpha value is -2.88. The molecule has 3 aromatic rings. The lowest BCUT2D eigenvalue weighted by Crippen LogP contribution is -2.47. The van der Waals surface area contributed by atoms with Gasteiger partial charge in [-0.25, -0.2) is 0 Å². The lowest BCUT2D eigenvalue weighted by atomic mass is 9.75. The number of hydrogen-bond donors (Lipinski definition) is 2. The Morgan fingerprint density at radius 2 is 1.56 bits per heavy atom. The Morgan fingerprint density at radius 1 is 0.941 bits per heavy atom. The number of benzene rings is 2. The quantitative estimate of drug-likeness (QED) is 0.581. The Morgan fingerprint density at radius 3 is 2.18 bits per heavy atom. The number of piperazine rings is 1. The summed E-state index contributed by atoms with van der Waals surface area (Å²) in [6.07, 6.45) is 0. The van der Waals surface area contributed by atoms with E-state index in [0.717, 1.165) is 40.4 Å². The fourth-order valence-corrected chi connectivity index (χ4v) is 4.70. The molecule has 9 heteroatoms. The van der Waals surface area contributed by atoms with Gasteiger partial charge in [-0.2, -0.15) is 0 Å². The normalized spacial score (nSPS) is 20.4. The van der Waals surface area contributed by atoms with Crippen LogP contribution in [-0.4, -0.2) is 78.1 Å². The number of amides is 2. The molecule has 2 aliphatic rings. The van der Waals surface area contributed by atoms with E-state index in [2.05, 4.69) is 16.9 Å². The van der Waals surface area contributed by atoms with E-state index in [1.54, 1.807) is 12.1 Å². The summed E-state index contributed by atoms with van der Waals surface area (Å²) in [5.41, 5.74) is 7.90. The third-order valence-electron chi connectivity index (χ3n) is 7.56. The van der Waals surface area contributed by atoms with Crippen LogP contribution < -0.4 is 11.2 Å². The van der Waals surface area contributed by atoms with Crippen LogP contribution in [-0.2, 0) is 9.31 Å². The smallest absolute Gasteiger partial charge is 0.399 e. The third-order valence-corrected chi connectivity index (χ3v) is 7.56. The average Bonchev–Trinajstić information content (AvgIpc) is 3.25. The molecule has 0 atom stereocenters. The van der Waals surface area contributed by atoms with E-state index in [1.165, 1.54) is 0 Å². The largest absolute Gasteiger partial charge is 0.495 e. The zero-order valence-electron chi connectivity index (χ0n) is 20.4. The molecule has 2 saturated heterocycles. The number of fused-ring (bicyclic) bond motifs is 3. The van der Waals surface area contributed by atoms with Crippen LogP contribution in [0.3, 0.4) is 0 Å². The highest BCUT2D eigenvalue weighted by Gasteiger charge is 2.52. The van der Waals surface area contributed by atoms with Gasteiger partial charge in [0.25, 0.3) is 5.91 Å². The SMILES string of the molecule is CN1CCN(C(=O)c2ccc3c(c2)[nH]c2cc(C(N)=O)cc(B4OC(C)(C)C(C)(C)O4)c23)CC1. The van der Waals surface area contributed by atoms with E-state index in [9.17, 15) is 9.59 Å². The van der Waals surface area contributed by atoms with Gasteiger partial charge in [0, 0.05) is 59.1 Å². The number of carbonyl (C=O) groups excluding carboxylic acids is 2. The Kier molecular flexibility index (Phi) is 5.27. The molecule has 0 unspecified atom stereocenters. The second kappa shape index (κ2) is 7.83. The van der Waals surface area contributed by atoms with E-state index < -0.39 is 24.2 Å². The molecule has 34 heavy (non-hydrogen) atoms. The standard InChI is InChI=1S/C25H31BN4O4/c1-24(2)25(3,4)34-26(33-24)18-12-16(22(27)31)14-20-21(18)17-7-6-15(13-19(17)28-20)23(32)30-10-8-29(5)9-11-30/h6-7,12-14,28H,8-11H2,1-5H3,(H2,27,31). The highest BCUT2D eigenvalue weighted by atomic mass is 16.7. The first-order valence-electron chi connectivity index (χ1n) is 11.7. The maximum Gasteiger partial charge on any atom is 0.495 e. The second-order valence-corrected chi connectivity index (χ2v) is 10.4. The number of nitrogens with zero attached hydrogens (tertiary/aromatic N) is 2. The molecule has 8 nitrogen and oxygen atoms in total. The van der Waals surface area contributed by atoms with Crippen molar-refractivity contribution in [1.29, 1.82) is 0 Å². The summed E-state index contributed by atoms with van der Waals surface area (Å²) in [7, 11) is 1.41. The van der Waals surface area contributed by atoms with Crippen molar-refractivity contribution in [2.45, 2.75) is 38.9 Å². The molecular weight excluding hydrogens is 431 g/mol. The van der Waals surface area contributed by atoms with Gasteiger partial charge in [-0.3, -0.25) is 9.59 Å². The van der Waals surface area contributed by atoms with Crippen molar-refractivity contribution in [3.05, 3.63) is 41.5 Å². The van der Waals surface area contributed by atoms with E-state index in [-0.39, 0.29) is 5.91 Å². The zero-order chi connectivity index (χ0) is 24.4. The van der Waals surface area contributed by atoms with Crippen LogP contribution in [0.1, 0.15) is 48.4 Å². The molecule has 2 amide bonds. The molecule has 2 fully saturated rings. The molecule has 3 heterocycles. The maximum absolute atomic E-state index is 13.1. The van der Waals surface area contributed by atoms with Crippen molar-refractivity contribution in [3.63, 3.8) is 0 Å². The maximum atomic E-state index is 13.1. The molecule has 0 saturated carbocycles. The van der Waals surface area contributed by atoms with Gasteiger partial charge >= 0.3 is 7.12 Å². The number of nitrogens with one attached hydrogen (secondary N) is 1. The first-order valence-corrected chi connectivity index (χ1v) is 11.7. The van der Waals surface area contributed by atoms with E-state index in [1.807, 2.05) is 50.8 Å². The molecule has 1 aromatic heterocycles. The summed E-state index contributed by atoms with van der Waals surface area (Å²) in [5, 5.41) is 1.84. The molecule has 0 spiro atoms. The van der Waals surface area contributed by atoms with E-state index in [4.69, 9.17) is 15.0 Å². The van der Waals surface area contributed by atoms with Crippen molar-refractivity contribution in [1.82, 2.24) is 14.8 Å². The predicted octanol–water partition coefficient (Wildman–Crippen LogP) is 2.11. The minimum Gasteiger partial charge on any atom is -0.399 e. The van der Waals surface area contributed by atoms with Crippen LogP contribution in [0.2, 0.25) is 0 Å². The van der Waals surface area contributed by atoms with Crippen molar-refractivity contribution >= 4 is 46.2 Å². The average molecular weight is 462 g/mol. The van der Waals surface area contributed by atoms with Gasteiger partial charge < -0.3 is 29.8 Å². The lowest BCUT2D eigenvalue weighted by molar-refractivity contribution is 0.00578. The van der Waals surface area contributed by atoms with Gasteiger partial charge in [0.05, 0.1) is 11.2 Å². The van der Waals surface area contributed by atoms with Crippen molar-refractivity contribution in [2.24, 2.45) is 5.73 Å². The molecule has 2 aliphatic heterocycles. The number of aromatic amines is 1. The molecule has 178 valence electrons. The molecule has 2 aromatic carbocycles. The van der Waals surface area contributed by atoms with Gasteiger partial charge in [-0.15, -0.1) is 0 Å². The third kappa shape index (κ3) is 3.68. The highest BCUT2D eigenvalue weighted by molar-refractivity contribution is 6.66. The highest BCUT2D eigenvalue weighted by Crippen LogP contribution is 2.38. The summed E-state index contributed by atoms with van der Waals surface area (Å²) < 4.78 is 12.6. The minimum atomic E-state index is -0.655. The van der Waals surface area contributed by atoms with Crippen molar-refractivity contribution in [2.75, 3.05) is 33.2 Å². The van der Waals surface area contributed by atoms with Crippen LogP contribution in [0.25, 0.3) is 21.8 Å². The van der Waals surface area contributed by atoms with Gasteiger partial charge in [-0.05, 0) is 64.5 Å². The molecule has 3 N–H and O–H groups in total. The van der Waals surface area contributed by atoms with Crippen LogP contribution >= 0.6 is 0 Å². The van der Waals surface area contributed by atoms with Crippen LogP contribution in [0.5, 0.6) is 0 Å². The number of hydrogen-bond acceptors (Lipinski definition) is 5. The number of aromatic nitrogens is 1. The monoisotopic (exact) mass is 462 g/mol. The Balaban J connectivity index is 1.61. The van der Waals surface area contributed by atoms with Gasteiger partial charge in [-0.1, -0.05) is 6.07 Å². The van der Waals surface area contributed by atoms with E-state index in [0.29, 0.717) is 24.2 Å². The second-order valence-electron chi connectivity index (χ2n) is 10.4. The fraction of sp³-hybridized carbons (Fsp3) is 0.440. The van der Waals surface area contributed by atoms with Crippen LogP contribution in [0, 0.1) is 0 Å². The fourth-order valence-electron chi connectivity index (χ4n) is 4.70. The van der Waals surface area contributed by atoms with Gasteiger partial charge in [0.15, 0.2) is 0 Å². The zero-order valence-corrected chi connectivity index (χ0v) is 20.4.